The second kappa shape index (κ2) is 14.4. The van der Waals surface area contributed by atoms with Crippen LogP contribution in [0.2, 0.25) is 0 Å². The van der Waals surface area contributed by atoms with E-state index >= 15 is 0 Å². The van der Waals surface area contributed by atoms with Crippen LogP contribution in [0.1, 0.15) is 82.6 Å². The third-order valence-electron chi connectivity index (χ3n) is 8.02. The van der Waals surface area contributed by atoms with Gasteiger partial charge < -0.3 is 10.8 Å². The standard InChI is InChI=1S/C30H45NO2/c31-21-20-28-26(17-11-3-1-2-6-12-24-13-7-4-8-14-24)18-19-27(29(28)23-30(32)33)22-25-15-9-5-10-16-25/h1-2,5,9-10,15-16,18-19,24,26-29H,3-4,6-8,11-14,17,20-23,31H2,(H,32,33). The number of carboxylic acids is 1. The minimum absolute atomic E-state index is 0.160. The molecule has 1 aromatic carbocycles. The quantitative estimate of drug-likeness (QED) is 0.247. The van der Waals surface area contributed by atoms with E-state index in [1.807, 2.05) is 6.07 Å². The largest absolute Gasteiger partial charge is 0.481 e. The van der Waals surface area contributed by atoms with Crippen LogP contribution >= 0.6 is 0 Å². The highest BCUT2D eigenvalue weighted by molar-refractivity contribution is 5.67. The summed E-state index contributed by atoms with van der Waals surface area (Å²) in [7, 11) is 0. The van der Waals surface area contributed by atoms with Crippen LogP contribution in [0.4, 0.5) is 0 Å². The van der Waals surface area contributed by atoms with Gasteiger partial charge in [0.1, 0.15) is 0 Å². The Morgan fingerprint density at radius 1 is 0.909 bits per heavy atom. The van der Waals surface area contributed by atoms with Crippen molar-refractivity contribution in [2.75, 3.05) is 6.54 Å². The Hall–Kier alpha value is -1.87. The third kappa shape index (κ3) is 8.77. The molecule has 0 heterocycles. The van der Waals surface area contributed by atoms with E-state index in [-0.39, 0.29) is 18.3 Å². The summed E-state index contributed by atoms with van der Waals surface area (Å²) < 4.78 is 0. The Kier molecular flexibility index (Phi) is 11.2. The van der Waals surface area contributed by atoms with E-state index in [4.69, 9.17) is 5.73 Å². The van der Waals surface area contributed by atoms with Crippen molar-refractivity contribution in [3.05, 3.63) is 60.2 Å². The number of carbonyl (C=O) groups is 1. The molecule has 182 valence electrons. The Balaban J connectivity index is 1.52. The molecule has 4 atom stereocenters. The lowest BCUT2D eigenvalue weighted by molar-refractivity contribution is -0.139. The number of allylic oxidation sites excluding steroid dienone is 4. The molecule has 0 saturated heterocycles. The van der Waals surface area contributed by atoms with Crippen molar-refractivity contribution in [1.82, 2.24) is 0 Å². The van der Waals surface area contributed by atoms with Gasteiger partial charge in [0.15, 0.2) is 0 Å². The second-order valence-electron chi connectivity index (χ2n) is 10.4. The number of nitrogens with two attached hydrogens (primary N) is 1. The lowest BCUT2D eigenvalue weighted by Crippen LogP contribution is -2.35. The molecule has 3 N–H and O–H groups in total. The molecular weight excluding hydrogens is 406 g/mol. The van der Waals surface area contributed by atoms with E-state index in [0.717, 1.165) is 31.6 Å². The van der Waals surface area contributed by atoms with Crippen molar-refractivity contribution >= 4 is 5.97 Å². The van der Waals surface area contributed by atoms with E-state index in [0.29, 0.717) is 18.4 Å². The number of hydrogen-bond acceptors (Lipinski definition) is 2. The van der Waals surface area contributed by atoms with Crippen molar-refractivity contribution in [1.29, 1.82) is 0 Å². The van der Waals surface area contributed by atoms with Crippen LogP contribution in [0.15, 0.2) is 54.6 Å². The highest BCUT2D eigenvalue weighted by Gasteiger charge is 2.36. The Morgan fingerprint density at radius 2 is 1.64 bits per heavy atom. The number of hydrogen-bond donors (Lipinski definition) is 2. The molecule has 1 saturated carbocycles. The summed E-state index contributed by atoms with van der Waals surface area (Å²) in [6, 6.07) is 10.5. The van der Waals surface area contributed by atoms with Crippen LogP contribution < -0.4 is 5.73 Å². The minimum Gasteiger partial charge on any atom is -0.481 e. The van der Waals surface area contributed by atoms with Crippen LogP contribution in [0.25, 0.3) is 0 Å². The monoisotopic (exact) mass is 451 g/mol. The van der Waals surface area contributed by atoms with Crippen LogP contribution in [0.3, 0.4) is 0 Å². The molecule has 1 fully saturated rings. The van der Waals surface area contributed by atoms with Crippen molar-refractivity contribution in [2.45, 2.75) is 83.5 Å². The first-order chi connectivity index (χ1) is 16.2. The zero-order valence-corrected chi connectivity index (χ0v) is 20.4. The van der Waals surface area contributed by atoms with E-state index in [9.17, 15) is 9.90 Å². The smallest absolute Gasteiger partial charge is 0.303 e. The summed E-state index contributed by atoms with van der Waals surface area (Å²) in [4.78, 5) is 11.7. The number of unbranched alkanes of at least 4 members (excludes halogenated alkanes) is 1. The predicted octanol–water partition coefficient (Wildman–Crippen LogP) is 7.17. The number of benzene rings is 1. The maximum absolute atomic E-state index is 11.7. The van der Waals surface area contributed by atoms with Crippen molar-refractivity contribution in [3.8, 4) is 0 Å². The molecule has 0 spiro atoms. The zero-order valence-electron chi connectivity index (χ0n) is 20.4. The second-order valence-corrected chi connectivity index (χ2v) is 10.4. The van der Waals surface area contributed by atoms with Crippen molar-refractivity contribution < 1.29 is 9.90 Å². The van der Waals surface area contributed by atoms with Crippen LogP contribution in [-0.2, 0) is 11.2 Å². The normalized spacial score (nSPS) is 26.1. The molecular formula is C30H45NO2. The maximum atomic E-state index is 11.7. The predicted molar refractivity (Wildman–Crippen MR) is 138 cm³/mol. The fourth-order valence-electron chi connectivity index (χ4n) is 6.26. The fourth-order valence-corrected chi connectivity index (χ4v) is 6.26. The zero-order chi connectivity index (χ0) is 23.3. The molecule has 2 aliphatic carbocycles. The Labute approximate surface area is 201 Å². The van der Waals surface area contributed by atoms with E-state index < -0.39 is 5.97 Å². The number of rotatable bonds is 13. The molecule has 0 aliphatic heterocycles. The summed E-state index contributed by atoms with van der Waals surface area (Å²) >= 11 is 0. The highest BCUT2D eigenvalue weighted by Crippen LogP contribution is 2.42. The molecule has 1 aromatic rings. The van der Waals surface area contributed by atoms with Crippen LogP contribution in [0, 0.1) is 29.6 Å². The van der Waals surface area contributed by atoms with E-state index in [1.54, 1.807) is 0 Å². The van der Waals surface area contributed by atoms with Gasteiger partial charge in [-0.2, -0.15) is 0 Å². The average Bonchev–Trinajstić information content (AvgIpc) is 2.82. The Bertz CT molecular complexity index is 735. The van der Waals surface area contributed by atoms with Gasteiger partial charge in [-0.3, -0.25) is 4.79 Å². The van der Waals surface area contributed by atoms with Gasteiger partial charge in [0.25, 0.3) is 0 Å². The Morgan fingerprint density at radius 3 is 2.36 bits per heavy atom. The SMILES string of the molecule is NCCC1C(CCCC=CCCC2CCCCC2)C=CC(Cc2ccccc2)C1CC(=O)O. The lowest BCUT2D eigenvalue weighted by atomic mass is 9.65. The summed E-state index contributed by atoms with van der Waals surface area (Å²) in [6.07, 6.45) is 24.7. The molecule has 0 bridgehead atoms. The maximum Gasteiger partial charge on any atom is 0.303 e. The van der Waals surface area contributed by atoms with Gasteiger partial charge in [-0.05, 0) is 86.6 Å². The first-order valence-electron chi connectivity index (χ1n) is 13.5. The summed E-state index contributed by atoms with van der Waals surface area (Å²) in [5, 5.41) is 9.65. The topological polar surface area (TPSA) is 63.3 Å². The lowest BCUT2D eigenvalue weighted by Gasteiger charge is -2.39. The fraction of sp³-hybridized carbons (Fsp3) is 0.633. The first kappa shape index (κ1) is 25.7. The van der Waals surface area contributed by atoms with Crippen molar-refractivity contribution in [2.24, 2.45) is 35.3 Å². The molecule has 3 heteroatoms. The van der Waals surface area contributed by atoms with Gasteiger partial charge in [0, 0.05) is 6.42 Å². The number of carboxylic acid groups (broad SMARTS) is 1. The van der Waals surface area contributed by atoms with Crippen molar-refractivity contribution in [3.63, 3.8) is 0 Å². The van der Waals surface area contributed by atoms with Gasteiger partial charge in [-0.1, -0.05) is 86.7 Å². The minimum atomic E-state index is -0.685. The highest BCUT2D eigenvalue weighted by atomic mass is 16.4. The van der Waals surface area contributed by atoms with Gasteiger partial charge in [0.2, 0.25) is 0 Å². The summed E-state index contributed by atoms with van der Waals surface area (Å²) in [6.45, 7) is 0.629. The molecule has 0 aromatic heterocycles. The van der Waals surface area contributed by atoms with Crippen LogP contribution in [0.5, 0.6) is 0 Å². The molecule has 0 radical (unpaired) electrons. The third-order valence-corrected chi connectivity index (χ3v) is 8.02. The molecule has 3 rings (SSSR count). The molecule has 2 aliphatic rings. The van der Waals surface area contributed by atoms with E-state index in [1.165, 1.54) is 56.9 Å². The first-order valence-corrected chi connectivity index (χ1v) is 13.5. The van der Waals surface area contributed by atoms with Gasteiger partial charge >= 0.3 is 5.97 Å². The van der Waals surface area contributed by atoms with E-state index in [2.05, 4.69) is 48.6 Å². The molecule has 33 heavy (non-hydrogen) atoms. The molecule has 4 unspecified atom stereocenters. The molecule has 0 amide bonds. The van der Waals surface area contributed by atoms with Gasteiger partial charge in [-0.15, -0.1) is 0 Å². The molecule has 3 nitrogen and oxygen atoms in total. The van der Waals surface area contributed by atoms with Gasteiger partial charge in [-0.25, -0.2) is 0 Å². The summed E-state index contributed by atoms with van der Waals surface area (Å²) in [5.41, 5.74) is 7.28. The average molecular weight is 452 g/mol. The number of aliphatic carboxylic acids is 1. The summed E-state index contributed by atoms with van der Waals surface area (Å²) in [5.74, 6) is 1.52. The van der Waals surface area contributed by atoms with Gasteiger partial charge in [0.05, 0.1) is 0 Å². The van der Waals surface area contributed by atoms with Crippen LogP contribution in [-0.4, -0.2) is 17.6 Å².